The lowest BCUT2D eigenvalue weighted by molar-refractivity contribution is -0.115. The van der Waals surface area contributed by atoms with Crippen molar-refractivity contribution in [3.05, 3.63) is 29.3 Å². The number of benzene rings is 1. The maximum Gasteiger partial charge on any atom is 0.224 e. The van der Waals surface area contributed by atoms with E-state index in [1.165, 1.54) is 11.1 Å². The van der Waals surface area contributed by atoms with Gasteiger partial charge in [-0.25, -0.2) is 0 Å². The predicted molar refractivity (Wildman–Crippen MR) is 64.2 cm³/mol. The van der Waals surface area contributed by atoms with Crippen LogP contribution in [0.4, 0.5) is 5.69 Å². The van der Waals surface area contributed by atoms with Gasteiger partial charge in [0.25, 0.3) is 0 Å². The lowest BCUT2D eigenvalue weighted by Gasteiger charge is -2.16. The first-order chi connectivity index (χ1) is 7.06. The van der Waals surface area contributed by atoms with Crippen molar-refractivity contribution in [3.63, 3.8) is 0 Å². The Hall–Kier alpha value is -1.31. The number of hydrogen-bond donors (Lipinski definition) is 1. The van der Waals surface area contributed by atoms with Gasteiger partial charge in [0.05, 0.1) is 0 Å². The fourth-order valence-electron chi connectivity index (χ4n) is 1.79. The Balaban J connectivity index is 3.06. The van der Waals surface area contributed by atoms with Gasteiger partial charge >= 0.3 is 0 Å². The van der Waals surface area contributed by atoms with E-state index in [0.29, 0.717) is 12.3 Å². The van der Waals surface area contributed by atoms with Crippen LogP contribution in [0.1, 0.15) is 44.2 Å². The van der Waals surface area contributed by atoms with E-state index in [1.807, 2.05) is 19.1 Å². The molecule has 0 radical (unpaired) electrons. The summed E-state index contributed by atoms with van der Waals surface area (Å²) in [5, 5.41) is 2.94. The largest absolute Gasteiger partial charge is 0.326 e. The molecule has 0 aromatic heterocycles. The molecule has 0 aliphatic carbocycles. The van der Waals surface area contributed by atoms with E-state index in [9.17, 15) is 4.79 Å². The number of carbonyl (C=O) groups excluding carboxylic acids is 1. The minimum atomic E-state index is 0.0718. The van der Waals surface area contributed by atoms with E-state index >= 15 is 0 Å². The van der Waals surface area contributed by atoms with Gasteiger partial charge in [-0.3, -0.25) is 4.79 Å². The molecular weight excluding hydrogens is 186 g/mol. The Morgan fingerprint density at radius 1 is 1.40 bits per heavy atom. The van der Waals surface area contributed by atoms with Gasteiger partial charge in [-0.2, -0.15) is 0 Å². The van der Waals surface area contributed by atoms with E-state index in [1.54, 1.807) is 0 Å². The lowest BCUT2D eigenvalue weighted by Crippen LogP contribution is -2.12. The maximum atomic E-state index is 11.4. The van der Waals surface area contributed by atoms with E-state index in [0.717, 1.165) is 5.69 Å². The molecule has 0 aliphatic rings. The Bertz CT molecular complexity index is 356. The fraction of sp³-hybridized carbons (Fsp3) is 0.462. The lowest BCUT2D eigenvalue weighted by atomic mass is 9.96. The van der Waals surface area contributed by atoms with E-state index in [2.05, 4.69) is 32.2 Å². The van der Waals surface area contributed by atoms with Crippen LogP contribution in [0.3, 0.4) is 0 Å². The Labute approximate surface area is 91.7 Å². The van der Waals surface area contributed by atoms with Crippen molar-refractivity contribution < 1.29 is 4.79 Å². The van der Waals surface area contributed by atoms with Crippen molar-refractivity contribution in [2.75, 3.05) is 5.32 Å². The molecule has 0 fully saturated rings. The smallest absolute Gasteiger partial charge is 0.224 e. The second-order valence-electron chi connectivity index (χ2n) is 4.09. The van der Waals surface area contributed by atoms with Gasteiger partial charge in [-0.05, 0) is 30.0 Å². The topological polar surface area (TPSA) is 29.1 Å². The zero-order chi connectivity index (χ0) is 11.4. The third kappa shape index (κ3) is 2.82. The number of anilines is 1. The minimum Gasteiger partial charge on any atom is -0.326 e. The molecule has 2 heteroatoms. The van der Waals surface area contributed by atoms with Crippen molar-refractivity contribution >= 4 is 11.6 Å². The quantitative estimate of drug-likeness (QED) is 0.804. The van der Waals surface area contributed by atoms with E-state index < -0.39 is 0 Å². The summed E-state index contributed by atoms with van der Waals surface area (Å²) in [5.41, 5.74) is 3.43. The van der Waals surface area contributed by atoms with Gasteiger partial charge in [-0.1, -0.05) is 32.9 Å². The van der Waals surface area contributed by atoms with Crippen molar-refractivity contribution in [2.45, 2.75) is 40.0 Å². The van der Waals surface area contributed by atoms with Gasteiger partial charge in [-0.15, -0.1) is 0 Å². The van der Waals surface area contributed by atoms with Crippen LogP contribution in [-0.4, -0.2) is 5.91 Å². The summed E-state index contributed by atoms with van der Waals surface area (Å²) < 4.78 is 0. The minimum absolute atomic E-state index is 0.0718. The van der Waals surface area contributed by atoms with Crippen molar-refractivity contribution in [1.82, 2.24) is 0 Å². The SMILES string of the molecule is CCC(=O)Nc1cccc(C)c1C(C)C. The third-order valence-corrected chi connectivity index (χ3v) is 2.50. The molecule has 0 saturated carbocycles. The maximum absolute atomic E-state index is 11.4. The summed E-state index contributed by atoms with van der Waals surface area (Å²) in [4.78, 5) is 11.4. The molecule has 1 N–H and O–H groups in total. The molecule has 0 unspecified atom stereocenters. The van der Waals surface area contributed by atoms with E-state index in [4.69, 9.17) is 0 Å². The normalized spacial score (nSPS) is 10.5. The first-order valence-electron chi connectivity index (χ1n) is 5.45. The van der Waals surface area contributed by atoms with Crippen molar-refractivity contribution in [3.8, 4) is 0 Å². The molecule has 0 saturated heterocycles. The Morgan fingerprint density at radius 3 is 2.60 bits per heavy atom. The molecular formula is C13H19NO. The zero-order valence-corrected chi connectivity index (χ0v) is 9.92. The molecule has 1 aromatic rings. The highest BCUT2D eigenvalue weighted by molar-refractivity contribution is 5.91. The molecule has 1 aromatic carbocycles. The summed E-state index contributed by atoms with van der Waals surface area (Å²) in [6, 6.07) is 6.03. The van der Waals surface area contributed by atoms with Crippen molar-refractivity contribution in [1.29, 1.82) is 0 Å². The standard InChI is InChI=1S/C13H19NO/c1-5-12(15)14-11-8-6-7-10(4)13(11)9(2)3/h6-9H,5H2,1-4H3,(H,14,15). The molecule has 0 bridgehead atoms. The number of carbonyl (C=O) groups is 1. The van der Waals surface area contributed by atoms with Crippen molar-refractivity contribution in [2.24, 2.45) is 0 Å². The Morgan fingerprint density at radius 2 is 2.07 bits per heavy atom. The first-order valence-corrected chi connectivity index (χ1v) is 5.45. The van der Waals surface area contributed by atoms with E-state index in [-0.39, 0.29) is 5.91 Å². The van der Waals surface area contributed by atoms with Gasteiger partial charge in [0.15, 0.2) is 0 Å². The molecule has 82 valence electrons. The molecule has 2 nitrogen and oxygen atoms in total. The van der Waals surface area contributed by atoms with Gasteiger partial charge < -0.3 is 5.32 Å². The predicted octanol–water partition coefficient (Wildman–Crippen LogP) is 3.47. The van der Waals surface area contributed by atoms with Gasteiger partial charge in [0.2, 0.25) is 5.91 Å². The van der Waals surface area contributed by atoms with Crippen LogP contribution >= 0.6 is 0 Å². The summed E-state index contributed by atoms with van der Waals surface area (Å²) in [6.45, 7) is 8.23. The average Bonchev–Trinajstić information content (AvgIpc) is 2.17. The zero-order valence-electron chi connectivity index (χ0n) is 9.92. The summed E-state index contributed by atoms with van der Waals surface area (Å²) >= 11 is 0. The molecule has 0 atom stereocenters. The summed E-state index contributed by atoms with van der Waals surface area (Å²) in [7, 11) is 0. The highest BCUT2D eigenvalue weighted by Crippen LogP contribution is 2.27. The monoisotopic (exact) mass is 205 g/mol. The first kappa shape index (κ1) is 11.8. The third-order valence-electron chi connectivity index (χ3n) is 2.50. The van der Waals surface area contributed by atoms with Gasteiger partial charge in [0, 0.05) is 12.1 Å². The molecule has 0 aliphatic heterocycles. The summed E-state index contributed by atoms with van der Waals surface area (Å²) in [6.07, 6.45) is 0.519. The van der Waals surface area contributed by atoms with Crippen LogP contribution in [0.25, 0.3) is 0 Å². The summed E-state index contributed by atoms with van der Waals surface area (Å²) in [5.74, 6) is 0.501. The number of aryl methyl sites for hydroxylation is 1. The average molecular weight is 205 g/mol. The van der Waals surface area contributed by atoms with Crippen LogP contribution in [0, 0.1) is 6.92 Å². The molecule has 0 spiro atoms. The van der Waals surface area contributed by atoms with Gasteiger partial charge in [0.1, 0.15) is 0 Å². The molecule has 1 amide bonds. The molecule has 0 heterocycles. The van der Waals surface area contributed by atoms with Crippen LogP contribution < -0.4 is 5.32 Å². The number of amides is 1. The Kier molecular flexibility index (Phi) is 3.89. The number of nitrogens with one attached hydrogen (secondary N) is 1. The molecule has 15 heavy (non-hydrogen) atoms. The number of hydrogen-bond acceptors (Lipinski definition) is 1. The number of rotatable bonds is 3. The van der Waals surface area contributed by atoms with Crippen LogP contribution in [0.2, 0.25) is 0 Å². The van der Waals surface area contributed by atoms with Crippen LogP contribution in [-0.2, 0) is 4.79 Å². The van der Waals surface area contributed by atoms with Crippen LogP contribution in [0.15, 0.2) is 18.2 Å². The fourth-order valence-corrected chi connectivity index (χ4v) is 1.79. The second-order valence-corrected chi connectivity index (χ2v) is 4.09. The highest BCUT2D eigenvalue weighted by Gasteiger charge is 2.10. The van der Waals surface area contributed by atoms with Crippen LogP contribution in [0.5, 0.6) is 0 Å². The molecule has 1 rings (SSSR count). The highest BCUT2D eigenvalue weighted by atomic mass is 16.1. The second kappa shape index (κ2) is 4.96.